The van der Waals surface area contributed by atoms with Crippen molar-refractivity contribution in [3.63, 3.8) is 0 Å². The molecule has 0 saturated carbocycles. The Morgan fingerprint density at radius 3 is 1.68 bits per heavy atom. The van der Waals surface area contributed by atoms with Gasteiger partial charge in [-0.3, -0.25) is 14.4 Å². The highest BCUT2D eigenvalue weighted by molar-refractivity contribution is 5.97. The smallest absolute Gasteiger partial charge is 0.305 e. The zero-order valence-electron chi connectivity index (χ0n) is 22.3. The van der Waals surface area contributed by atoms with Crippen LogP contribution >= 0.6 is 0 Å². The van der Waals surface area contributed by atoms with Crippen LogP contribution in [0.3, 0.4) is 0 Å². The fourth-order valence-electron chi connectivity index (χ4n) is 4.49. The molecule has 0 unspecified atom stereocenters. The molecular weight excluding hydrogens is 428 g/mol. The van der Waals surface area contributed by atoms with Crippen molar-refractivity contribution in [2.45, 2.75) is 148 Å². The summed E-state index contributed by atoms with van der Waals surface area (Å²) in [5.74, 6) is -0.659. The Bertz CT molecular complexity index is 565. The SMILES string of the molecule is CCCCCCCCCCCCCCCCCCOC(=O)CC[C@@H]1NC(=O)[C@H](C(C)C)NC1=O. The lowest BCUT2D eigenvalue weighted by molar-refractivity contribution is -0.145. The standard InChI is InChI=1S/C28H52N2O4/c1-4-5-6-7-8-9-10-11-12-13-14-15-16-17-18-19-22-34-25(31)21-20-24-27(32)30-26(23(2)3)28(33)29-24/h23-24,26H,4-22H2,1-3H3,(H,29,33)(H,30,32)/t24-,26-/m0/s1. The van der Waals surface area contributed by atoms with Crippen LogP contribution in [0.25, 0.3) is 0 Å². The predicted molar refractivity (Wildman–Crippen MR) is 138 cm³/mol. The highest BCUT2D eigenvalue weighted by Crippen LogP contribution is 2.14. The number of rotatable bonds is 21. The van der Waals surface area contributed by atoms with Gasteiger partial charge in [0.1, 0.15) is 12.1 Å². The van der Waals surface area contributed by atoms with Crippen molar-refractivity contribution >= 4 is 17.8 Å². The number of hydrogen-bond donors (Lipinski definition) is 2. The number of piperazine rings is 1. The van der Waals surface area contributed by atoms with Gasteiger partial charge in [0.25, 0.3) is 0 Å². The average Bonchev–Trinajstić information content (AvgIpc) is 2.81. The van der Waals surface area contributed by atoms with Crippen LogP contribution in [0.2, 0.25) is 0 Å². The van der Waals surface area contributed by atoms with Crippen LogP contribution < -0.4 is 10.6 Å². The molecule has 1 fully saturated rings. The van der Waals surface area contributed by atoms with Gasteiger partial charge in [-0.15, -0.1) is 0 Å². The normalized spacial score (nSPS) is 18.1. The van der Waals surface area contributed by atoms with Gasteiger partial charge in [0.2, 0.25) is 11.8 Å². The quantitative estimate of drug-likeness (QED) is 0.151. The van der Waals surface area contributed by atoms with E-state index in [1.165, 1.54) is 89.9 Å². The summed E-state index contributed by atoms with van der Waals surface area (Å²) in [6.07, 6.45) is 21.5. The third-order valence-corrected chi connectivity index (χ3v) is 6.78. The van der Waals surface area contributed by atoms with Crippen LogP contribution in [0.1, 0.15) is 136 Å². The second-order valence-electron chi connectivity index (χ2n) is 10.4. The molecule has 0 bridgehead atoms. The maximum absolute atomic E-state index is 12.1. The predicted octanol–water partition coefficient (Wildman–Crippen LogP) is 6.21. The first-order chi connectivity index (χ1) is 16.5. The second-order valence-corrected chi connectivity index (χ2v) is 10.4. The van der Waals surface area contributed by atoms with Crippen molar-refractivity contribution in [1.29, 1.82) is 0 Å². The van der Waals surface area contributed by atoms with Crippen LogP contribution in [-0.4, -0.2) is 36.5 Å². The van der Waals surface area contributed by atoms with Crippen LogP contribution in [0.4, 0.5) is 0 Å². The molecule has 198 valence electrons. The van der Waals surface area contributed by atoms with E-state index < -0.39 is 12.1 Å². The molecule has 1 aliphatic rings. The Morgan fingerprint density at radius 2 is 1.21 bits per heavy atom. The Hall–Kier alpha value is -1.59. The molecule has 34 heavy (non-hydrogen) atoms. The molecule has 0 aliphatic carbocycles. The van der Waals surface area contributed by atoms with Crippen LogP contribution in [0, 0.1) is 5.92 Å². The average molecular weight is 481 g/mol. The molecule has 0 aromatic carbocycles. The van der Waals surface area contributed by atoms with Crippen molar-refractivity contribution in [2.24, 2.45) is 5.92 Å². The number of unbranched alkanes of at least 4 members (excludes halogenated alkanes) is 15. The summed E-state index contributed by atoms with van der Waals surface area (Å²) in [4.78, 5) is 36.1. The van der Waals surface area contributed by atoms with Gasteiger partial charge in [0, 0.05) is 6.42 Å². The Kier molecular flexibility index (Phi) is 17.6. The number of esters is 1. The fraction of sp³-hybridized carbons (Fsp3) is 0.893. The Morgan fingerprint density at radius 1 is 0.735 bits per heavy atom. The van der Waals surface area contributed by atoms with Gasteiger partial charge in [-0.1, -0.05) is 117 Å². The number of nitrogens with one attached hydrogen (secondary N) is 2. The van der Waals surface area contributed by atoms with E-state index in [1.54, 1.807) is 0 Å². The highest BCUT2D eigenvalue weighted by Gasteiger charge is 2.35. The van der Waals surface area contributed by atoms with Gasteiger partial charge in [-0.05, 0) is 18.8 Å². The van der Waals surface area contributed by atoms with E-state index in [9.17, 15) is 14.4 Å². The first kappa shape index (κ1) is 30.4. The summed E-state index contributed by atoms with van der Waals surface area (Å²) < 4.78 is 5.29. The van der Waals surface area contributed by atoms with Crippen molar-refractivity contribution in [3.05, 3.63) is 0 Å². The van der Waals surface area contributed by atoms with Crippen LogP contribution in [0.5, 0.6) is 0 Å². The van der Waals surface area contributed by atoms with Gasteiger partial charge in [0.15, 0.2) is 0 Å². The molecule has 0 radical (unpaired) electrons. The Labute approximate surface area is 208 Å². The van der Waals surface area contributed by atoms with Crippen LogP contribution in [0.15, 0.2) is 0 Å². The molecule has 1 aliphatic heterocycles. The van der Waals surface area contributed by atoms with E-state index in [4.69, 9.17) is 4.74 Å². The molecule has 6 nitrogen and oxygen atoms in total. The number of ether oxygens (including phenoxy) is 1. The van der Waals surface area contributed by atoms with Crippen LogP contribution in [-0.2, 0) is 19.1 Å². The molecule has 0 aromatic heterocycles. The van der Waals surface area contributed by atoms with Gasteiger partial charge in [-0.2, -0.15) is 0 Å². The number of carbonyl (C=O) groups excluding carboxylic acids is 3. The summed E-state index contributed by atoms with van der Waals surface area (Å²) in [5, 5.41) is 5.46. The second kappa shape index (κ2) is 19.7. The van der Waals surface area contributed by atoms with Gasteiger partial charge < -0.3 is 15.4 Å². The lowest BCUT2D eigenvalue weighted by Gasteiger charge is -2.31. The minimum atomic E-state index is -0.648. The molecule has 2 amide bonds. The third-order valence-electron chi connectivity index (χ3n) is 6.78. The summed E-state index contributed by atoms with van der Waals surface area (Å²) >= 11 is 0. The first-order valence-electron chi connectivity index (χ1n) is 14.2. The fourth-order valence-corrected chi connectivity index (χ4v) is 4.49. The van der Waals surface area contributed by atoms with E-state index in [0.717, 1.165) is 12.8 Å². The summed E-state index contributed by atoms with van der Waals surface area (Å²) in [5.41, 5.74) is 0. The van der Waals surface area contributed by atoms with E-state index in [1.807, 2.05) is 13.8 Å². The molecular formula is C28H52N2O4. The minimum Gasteiger partial charge on any atom is -0.466 e. The molecule has 0 aromatic rings. The number of carbonyl (C=O) groups is 3. The first-order valence-corrected chi connectivity index (χ1v) is 14.2. The number of hydrogen-bond acceptors (Lipinski definition) is 4. The largest absolute Gasteiger partial charge is 0.466 e. The van der Waals surface area contributed by atoms with E-state index >= 15 is 0 Å². The van der Waals surface area contributed by atoms with Crippen molar-refractivity contribution < 1.29 is 19.1 Å². The molecule has 6 heteroatoms. The molecule has 2 N–H and O–H groups in total. The van der Waals surface area contributed by atoms with E-state index in [2.05, 4.69) is 17.6 Å². The highest BCUT2D eigenvalue weighted by atomic mass is 16.5. The summed E-state index contributed by atoms with van der Waals surface area (Å²) in [6.45, 7) is 6.49. The van der Waals surface area contributed by atoms with Gasteiger partial charge in [0.05, 0.1) is 6.61 Å². The molecule has 2 atom stereocenters. The van der Waals surface area contributed by atoms with Crippen molar-refractivity contribution in [3.8, 4) is 0 Å². The molecule has 1 heterocycles. The van der Waals surface area contributed by atoms with Gasteiger partial charge in [-0.25, -0.2) is 0 Å². The van der Waals surface area contributed by atoms with Gasteiger partial charge >= 0.3 is 5.97 Å². The maximum atomic E-state index is 12.1. The minimum absolute atomic E-state index is 0.0366. The number of amides is 2. The van der Waals surface area contributed by atoms with E-state index in [-0.39, 0.29) is 36.5 Å². The summed E-state index contributed by atoms with van der Waals surface area (Å²) in [6, 6.07) is -1.14. The monoisotopic (exact) mass is 480 g/mol. The lowest BCUT2D eigenvalue weighted by atomic mass is 9.98. The lowest BCUT2D eigenvalue weighted by Crippen LogP contribution is -2.63. The van der Waals surface area contributed by atoms with Crippen molar-refractivity contribution in [1.82, 2.24) is 10.6 Å². The third kappa shape index (κ3) is 14.6. The zero-order valence-corrected chi connectivity index (χ0v) is 22.3. The Balaban J connectivity index is 1.87. The zero-order chi connectivity index (χ0) is 25.0. The van der Waals surface area contributed by atoms with E-state index in [0.29, 0.717) is 6.61 Å². The summed E-state index contributed by atoms with van der Waals surface area (Å²) in [7, 11) is 0. The molecule has 1 saturated heterocycles. The van der Waals surface area contributed by atoms with Crippen molar-refractivity contribution in [2.75, 3.05) is 6.61 Å². The topological polar surface area (TPSA) is 84.5 Å². The molecule has 1 rings (SSSR count). The molecule has 0 spiro atoms. The maximum Gasteiger partial charge on any atom is 0.305 e.